The second-order valence-corrected chi connectivity index (χ2v) is 7.35. The Hall–Kier alpha value is -1.56. The lowest BCUT2D eigenvalue weighted by Gasteiger charge is -2.22. The summed E-state index contributed by atoms with van der Waals surface area (Å²) >= 11 is 0. The highest BCUT2D eigenvalue weighted by molar-refractivity contribution is 5.74. The van der Waals surface area contributed by atoms with Gasteiger partial charge in [0.05, 0.1) is 6.20 Å². The largest absolute Gasteiger partial charge is 0.338 e. The van der Waals surface area contributed by atoms with Crippen LogP contribution in [-0.4, -0.2) is 45.9 Å². The molecule has 22 heavy (non-hydrogen) atoms. The molecule has 1 atom stereocenters. The van der Waals surface area contributed by atoms with Crippen molar-refractivity contribution >= 4 is 6.03 Å². The molecule has 0 saturated carbocycles. The summed E-state index contributed by atoms with van der Waals surface area (Å²) in [5.41, 5.74) is 2.33. The minimum atomic E-state index is -0.191. The van der Waals surface area contributed by atoms with Crippen molar-refractivity contribution < 1.29 is 4.79 Å². The number of aryl methyl sites for hydroxylation is 1. The summed E-state index contributed by atoms with van der Waals surface area (Å²) < 4.78 is 1.92. The van der Waals surface area contributed by atoms with Gasteiger partial charge in [0.1, 0.15) is 0 Å². The number of nitrogens with one attached hydrogen (secondary N) is 2. The number of carbonyl (C=O) groups excluding carboxylic acids is 1. The lowest BCUT2D eigenvalue weighted by Crippen LogP contribution is -2.47. The quantitative estimate of drug-likeness (QED) is 0.889. The van der Waals surface area contributed by atoms with Crippen molar-refractivity contribution in [3.05, 3.63) is 17.5 Å². The zero-order valence-electron chi connectivity index (χ0n) is 14.4. The third kappa shape index (κ3) is 4.73. The number of rotatable bonds is 4. The number of aromatic nitrogens is 2. The first kappa shape index (κ1) is 16.8. The molecule has 0 radical (unpaired) electrons. The fourth-order valence-corrected chi connectivity index (χ4v) is 2.79. The van der Waals surface area contributed by atoms with Gasteiger partial charge in [-0.1, -0.05) is 0 Å². The highest BCUT2D eigenvalue weighted by Gasteiger charge is 2.24. The topological polar surface area (TPSA) is 62.2 Å². The number of nitrogens with zero attached hydrogens (tertiary/aromatic N) is 3. The molecule has 6 nitrogen and oxygen atoms in total. The summed E-state index contributed by atoms with van der Waals surface area (Å²) in [5, 5.41) is 10.2. The van der Waals surface area contributed by atoms with Gasteiger partial charge in [-0.15, -0.1) is 0 Å². The van der Waals surface area contributed by atoms with Gasteiger partial charge in [0.15, 0.2) is 0 Å². The molecule has 0 aliphatic carbocycles. The Balaban J connectivity index is 1.74. The van der Waals surface area contributed by atoms with Crippen LogP contribution >= 0.6 is 0 Å². The maximum absolute atomic E-state index is 11.8. The molecule has 1 unspecified atom stereocenters. The highest BCUT2D eigenvalue weighted by Crippen LogP contribution is 2.19. The number of carbonyl (C=O) groups is 1. The SMILES string of the molecule is Cc1c(CN2CCC(CNC(=O)NC(C)(C)C)C2)cnn1C. The van der Waals surface area contributed by atoms with E-state index in [4.69, 9.17) is 0 Å². The lowest BCUT2D eigenvalue weighted by molar-refractivity contribution is 0.229. The van der Waals surface area contributed by atoms with Crippen molar-refractivity contribution in [2.75, 3.05) is 19.6 Å². The van der Waals surface area contributed by atoms with E-state index in [0.29, 0.717) is 5.92 Å². The van der Waals surface area contributed by atoms with E-state index < -0.39 is 0 Å². The standard InChI is InChI=1S/C16H29N5O/c1-12-14(9-18-20(12)5)11-21-7-6-13(10-21)8-17-15(22)19-16(2,3)4/h9,13H,6-8,10-11H2,1-5H3,(H2,17,19,22). The molecule has 1 aromatic rings. The molecule has 124 valence electrons. The number of hydrogen-bond acceptors (Lipinski definition) is 3. The molecule has 2 heterocycles. The fraction of sp³-hybridized carbons (Fsp3) is 0.750. The lowest BCUT2D eigenvalue weighted by atomic mass is 10.1. The van der Waals surface area contributed by atoms with E-state index in [9.17, 15) is 4.79 Å². The van der Waals surface area contributed by atoms with Gasteiger partial charge in [0, 0.05) is 43.5 Å². The van der Waals surface area contributed by atoms with Gasteiger partial charge in [0.25, 0.3) is 0 Å². The molecule has 1 saturated heterocycles. The van der Waals surface area contributed by atoms with E-state index >= 15 is 0 Å². The fourth-order valence-electron chi connectivity index (χ4n) is 2.79. The normalized spacial score (nSPS) is 19.4. The number of likely N-dealkylation sites (tertiary alicyclic amines) is 1. The van der Waals surface area contributed by atoms with Crippen LogP contribution in [0.5, 0.6) is 0 Å². The van der Waals surface area contributed by atoms with Crippen molar-refractivity contribution in [2.45, 2.75) is 46.2 Å². The number of amides is 2. The first-order valence-electron chi connectivity index (χ1n) is 8.00. The molecule has 1 fully saturated rings. The molecule has 0 aromatic carbocycles. The summed E-state index contributed by atoms with van der Waals surface area (Å²) in [6.45, 7) is 11.9. The van der Waals surface area contributed by atoms with Crippen LogP contribution < -0.4 is 10.6 Å². The Labute approximate surface area is 133 Å². The van der Waals surface area contributed by atoms with Crippen LogP contribution in [0.4, 0.5) is 4.79 Å². The molecule has 0 spiro atoms. The van der Waals surface area contributed by atoms with E-state index in [0.717, 1.165) is 32.6 Å². The summed E-state index contributed by atoms with van der Waals surface area (Å²) in [5.74, 6) is 0.530. The van der Waals surface area contributed by atoms with Crippen LogP contribution in [-0.2, 0) is 13.6 Å². The Morgan fingerprint density at radius 3 is 2.77 bits per heavy atom. The molecular formula is C16H29N5O. The second-order valence-electron chi connectivity index (χ2n) is 7.35. The van der Waals surface area contributed by atoms with Crippen LogP contribution in [0.15, 0.2) is 6.20 Å². The molecule has 6 heteroatoms. The molecule has 2 N–H and O–H groups in total. The van der Waals surface area contributed by atoms with Crippen molar-refractivity contribution in [1.29, 1.82) is 0 Å². The average Bonchev–Trinajstić information content (AvgIpc) is 2.97. The van der Waals surface area contributed by atoms with Crippen molar-refractivity contribution in [1.82, 2.24) is 25.3 Å². The highest BCUT2D eigenvalue weighted by atomic mass is 16.2. The van der Waals surface area contributed by atoms with Gasteiger partial charge >= 0.3 is 6.03 Å². The van der Waals surface area contributed by atoms with E-state index in [2.05, 4.69) is 27.6 Å². The Kier molecular flexibility index (Phi) is 5.11. The predicted octanol–water partition coefficient (Wildman–Crippen LogP) is 1.65. The average molecular weight is 307 g/mol. The third-order valence-corrected chi connectivity index (χ3v) is 4.14. The summed E-state index contributed by atoms with van der Waals surface area (Å²) in [4.78, 5) is 14.2. The summed E-state index contributed by atoms with van der Waals surface area (Å²) in [7, 11) is 1.98. The zero-order valence-corrected chi connectivity index (χ0v) is 14.4. The summed E-state index contributed by atoms with van der Waals surface area (Å²) in [6.07, 6.45) is 3.09. The van der Waals surface area contributed by atoms with Crippen LogP contribution in [0.1, 0.15) is 38.4 Å². The Morgan fingerprint density at radius 1 is 1.45 bits per heavy atom. The van der Waals surface area contributed by atoms with Crippen LogP contribution in [0.25, 0.3) is 0 Å². The number of hydrogen-bond donors (Lipinski definition) is 2. The minimum absolute atomic E-state index is 0.0750. The summed E-state index contributed by atoms with van der Waals surface area (Å²) in [6, 6.07) is -0.0750. The van der Waals surface area contributed by atoms with E-state index in [1.54, 1.807) is 0 Å². The van der Waals surface area contributed by atoms with Gasteiger partial charge in [-0.25, -0.2) is 4.79 Å². The van der Waals surface area contributed by atoms with Crippen LogP contribution in [0.2, 0.25) is 0 Å². The smallest absolute Gasteiger partial charge is 0.315 e. The van der Waals surface area contributed by atoms with Gasteiger partial charge < -0.3 is 10.6 Å². The zero-order chi connectivity index (χ0) is 16.3. The minimum Gasteiger partial charge on any atom is -0.338 e. The van der Waals surface area contributed by atoms with Gasteiger partial charge in [-0.3, -0.25) is 9.58 Å². The molecule has 1 aliphatic rings. The number of urea groups is 1. The van der Waals surface area contributed by atoms with Crippen LogP contribution in [0, 0.1) is 12.8 Å². The van der Waals surface area contributed by atoms with Crippen molar-refractivity contribution in [2.24, 2.45) is 13.0 Å². The van der Waals surface area contributed by atoms with Gasteiger partial charge in [-0.05, 0) is 46.6 Å². The molecule has 0 bridgehead atoms. The van der Waals surface area contributed by atoms with E-state index in [1.165, 1.54) is 11.3 Å². The van der Waals surface area contributed by atoms with Gasteiger partial charge in [0.2, 0.25) is 0 Å². The van der Waals surface area contributed by atoms with E-state index in [1.807, 2.05) is 38.7 Å². The molecule has 2 amide bonds. The molecular weight excluding hydrogens is 278 g/mol. The maximum atomic E-state index is 11.8. The third-order valence-electron chi connectivity index (χ3n) is 4.14. The predicted molar refractivity (Wildman–Crippen MR) is 87.6 cm³/mol. The monoisotopic (exact) mass is 307 g/mol. The molecule has 1 aromatic heterocycles. The Bertz CT molecular complexity index is 517. The maximum Gasteiger partial charge on any atom is 0.315 e. The Morgan fingerprint density at radius 2 is 2.18 bits per heavy atom. The van der Waals surface area contributed by atoms with Crippen molar-refractivity contribution in [3.63, 3.8) is 0 Å². The van der Waals surface area contributed by atoms with Gasteiger partial charge in [-0.2, -0.15) is 5.10 Å². The second kappa shape index (κ2) is 6.69. The van der Waals surface area contributed by atoms with E-state index in [-0.39, 0.29) is 11.6 Å². The molecule has 2 rings (SSSR count). The first-order chi connectivity index (χ1) is 10.2. The molecule has 1 aliphatic heterocycles. The van der Waals surface area contributed by atoms with Crippen LogP contribution in [0.3, 0.4) is 0 Å². The van der Waals surface area contributed by atoms with Crippen molar-refractivity contribution in [3.8, 4) is 0 Å². The first-order valence-corrected chi connectivity index (χ1v) is 8.00.